The number of aromatic nitrogens is 2. The fourth-order valence-corrected chi connectivity index (χ4v) is 4.36. The highest BCUT2D eigenvalue weighted by atomic mass is 16.2. The second-order valence-electron chi connectivity index (χ2n) is 8.33. The van der Waals surface area contributed by atoms with Gasteiger partial charge >= 0.3 is 6.03 Å². The molecule has 2 fully saturated rings. The molecule has 3 rings (SSSR count). The van der Waals surface area contributed by atoms with Crippen LogP contribution in [0.3, 0.4) is 0 Å². The lowest BCUT2D eigenvalue weighted by atomic mass is 9.73. The van der Waals surface area contributed by atoms with E-state index in [1.165, 1.54) is 0 Å². The summed E-state index contributed by atoms with van der Waals surface area (Å²) in [5.41, 5.74) is 2.36. The second kappa shape index (κ2) is 7.56. The van der Waals surface area contributed by atoms with Gasteiger partial charge in [0.05, 0.1) is 11.7 Å². The Morgan fingerprint density at radius 3 is 2.64 bits per heavy atom. The predicted octanol–water partition coefficient (Wildman–Crippen LogP) is 1.99. The third-order valence-electron chi connectivity index (χ3n) is 6.50. The number of carbonyl (C=O) groups is 3. The van der Waals surface area contributed by atoms with Crippen molar-refractivity contribution in [1.29, 1.82) is 0 Å². The van der Waals surface area contributed by atoms with E-state index >= 15 is 0 Å². The Bertz CT molecular complexity index is 802. The molecule has 2 N–H and O–H groups in total. The SMILES string of the molecule is Cc1nn(C(C)CNC(=O)CN2C(=O)NC3(CCCCC3C)C2=O)c(C)c1C. The number of amides is 4. The van der Waals surface area contributed by atoms with Crippen molar-refractivity contribution in [3.05, 3.63) is 17.0 Å². The average Bonchev–Trinajstić information content (AvgIpc) is 3.05. The van der Waals surface area contributed by atoms with Gasteiger partial charge in [-0.25, -0.2) is 4.79 Å². The molecule has 8 nitrogen and oxygen atoms in total. The van der Waals surface area contributed by atoms with Crippen LogP contribution in [0.5, 0.6) is 0 Å². The van der Waals surface area contributed by atoms with Gasteiger partial charge in [0.15, 0.2) is 0 Å². The summed E-state index contributed by atoms with van der Waals surface area (Å²) < 4.78 is 1.90. The van der Waals surface area contributed by atoms with E-state index in [0.717, 1.165) is 41.1 Å². The van der Waals surface area contributed by atoms with Crippen molar-refractivity contribution in [2.24, 2.45) is 5.92 Å². The third-order valence-corrected chi connectivity index (χ3v) is 6.50. The normalized spacial score (nSPS) is 25.9. The molecule has 0 radical (unpaired) electrons. The minimum absolute atomic E-state index is 0.0239. The summed E-state index contributed by atoms with van der Waals surface area (Å²) in [4.78, 5) is 38.8. The van der Waals surface area contributed by atoms with Crippen LogP contribution < -0.4 is 10.6 Å². The number of aryl methyl sites for hydroxylation is 1. The first-order valence-electron chi connectivity index (χ1n) is 10.1. The van der Waals surface area contributed by atoms with E-state index in [2.05, 4.69) is 15.7 Å². The number of urea groups is 1. The van der Waals surface area contributed by atoms with Crippen molar-refractivity contribution in [2.75, 3.05) is 13.1 Å². The van der Waals surface area contributed by atoms with Crippen LogP contribution in [0.2, 0.25) is 0 Å². The van der Waals surface area contributed by atoms with E-state index in [4.69, 9.17) is 0 Å². The molecular formula is C20H31N5O3. The number of hydrogen-bond acceptors (Lipinski definition) is 4. The van der Waals surface area contributed by atoms with Gasteiger partial charge in [-0.15, -0.1) is 0 Å². The maximum Gasteiger partial charge on any atom is 0.325 e. The Balaban J connectivity index is 1.59. The molecule has 154 valence electrons. The van der Waals surface area contributed by atoms with Crippen LogP contribution >= 0.6 is 0 Å². The van der Waals surface area contributed by atoms with Gasteiger partial charge in [0.25, 0.3) is 5.91 Å². The lowest BCUT2D eigenvalue weighted by molar-refractivity contribution is -0.137. The topological polar surface area (TPSA) is 96.3 Å². The molecule has 3 atom stereocenters. The second-order valence-corrected chi connectivity index (χ2v) is 8.33. The summed E-state index contributed by atoms with van der Waals surface area (Å²) in [7, 11) is 0. The number of rotatable bonds is 5. The Labute approximate surface area is 166 Å². The lowest BCUT2D eigenvalue weighted by Gasteiger charge is -2.36. The van der Waals surface area contributed by atoms with Crippen LogP contribution in [-0.4, -0.2) is 51.2 Å². The smallest absolute Gasteiger partial charge is 0.325 e. The zero-order valence-corrected chi connectivity index (χ0v) is 17.5. The predicted molar refractivity (Wildman–Crippen MR) is 105 cm³/mol. The van der Waals surface area contributed by atoms with Crippen LogP contribution in [0.25, 0.3) is 0 Å². The molecule has 1 aliphatic carbocycles. The van der Waals surface area contributed by atoms with Gasteiger partial charge < -0.3 is 10.6 Å². The van der Waals surface area contributed by atoms with E-state index in [0.29, 0.717) is 13.0 Å². The number of hydrogen-bond donors (Lipinski definition) is 2. The zero-order valence-electron chi connectivity index (χ0n) is 17.5. The van der Waals surface area contributed by atoms with Crippen molar-refractivity contribution in [3.8, 4) is 0 Å². The quantitative estimate of drug-likeness (QED) is 0.753. The number of nitrogens with one attached hydrogen (secondary N) is 2. The zero-order chi connectivity index (χ0) is 20.6. The summed E-state index contributed by atoms with van der Waals surface area (Å²) >= 11 is 0. The molecule has 1 aromatic rings. The molecule has 1 aromatic heterocycles. The molecular weight excluding hydrogens is 358 g/mol. The number of imide groups is 1. The average molecular weight is 390 g/mol. The Morgan fingerprint density at radius 1 is 1.32 bits per heavy atom. The van der Waals surface area contributed by atoms with Crippen molar-refractivity contribution >= 4 is 17.8 Å². The molecule has 28 heavy (non-hydrogen) atoms. The fourth-order valence-electron chi connectivity index (χ4n) is 4.36. The van der Waals surface area contributed by atoms with E-state index in [1.807, 2.05) is 39.3 Å². The third kappa shape index (κ3) is 3.40. The fraction of sp³-hybridized carbons (Fsp3) is 0.700. The van der Waals surface area contributed by atoms with Gasteiger partial charge in [-0.2, -0.15) is 5.10 Å². The van der Waals surface area contributed by atoms with E-state index < -0.39 is 11.6 Å². The summed E-state index contributed by atoms with van der Waals surface area (Å²) in [6.45, 7) is 10.1. The van der Waals surface area contributed by atoms with Crippen LogP contribution in [0.1, 0.15) is 62.5 Å². The molecule has 0 bridgehead atoms. The summed E-state index contributed by atoms with van der Waals surface area (Å²) in [6, 6.07) is -0.486. The standard InChI is InChI=1S/C20H31N5O3/c1-12-8-6-7-9-20(12)18(27)24(19(28)22-20)11-17(26)21-10-13(2)25-16(5)14(3)15(4)23-25/h12-13H,6-11H2,1-5H3,(H,21,26)(H,22,28). The summed E-state index contributed by atoms with van der Waals surface area (Å²) in [5, 5.41) is 10.2. The van der Waals surface area contributed by atoms with Crippen molar-refractivity contribution in [3.63, 3.8) is 0 Å². The molecule has 1 spiro atoms. The Hall–Kier alpha value is -2.38. The monoisotopic (exact) mass is 389 g/mol. The van der Waals surface area contributed by atoms with Crippen molar-refractivity contribution in [1.82, 2.24) is 25.3 Å². The number of carbonyl (C=O) groups excluding carboxylic acids is 3. The highest BCUT2D eigenvalue weighted by Gasteiger charge is 2.55. The maximum absolute atomic E-state index is 12.9. The van der Waals surface area contributed by atoms with Gasteiger partial charge in [-0.05, 0) is 52.0 Å². The first-order valence-corrected chi connectivity index (χ1v) is 10.1. The summed E-state index contributed by atoms with van der Waals surface area (Å²) in [5.74, 6) is -0.517. The highest BCUT2D eigenvalue weighted by molar-refractivity contribution is 6.09. The highest BCUT2D eigenvalue weighted by Crippen LogP contribution is 2.38. The van der Waals surface area contributed by atoms with Gasteiger partial charge in [-0.3, -0.25) is 19.2 Å². The van der Waals surface area contributed by atoms with Crippen molar-refractivity contribution in [2.45, 2.75) is 71.9 Å². The largest absolute Gasteiger partial charge is 0.352 e. The minimum atomic E-state index is -0.829. The van der Waals surface area contributed by atoms with Gasteiger partial charge in [0, 0.05) is 12.2 Å². The maximum atomic E-state index is 12.9. The molecule has 8 heteroatoms. The molecule has 0 aromatic carbocycles. The van der Waals surface area contributed by atoms with E-state index in [-0.39, 0.29) is 30.3 Å². The van der Waals surface area contributed by atoms with E-state index in [9.17, 15) is 14.4 Å². The van der Waals surface area contributed by atoms with Crippen LogP contribution in [0.4, 0.5) is 4.79 Å². The van der Waals surface area contributed by atoms with Gasteiger partial charge in [0.2, 0.25) is 5.91 Å². The first kappa shape index (κ1) is 20.4. The van der Waals surface area contributed by atoms with Crippen LogP contribution in [0, 0.1) is 26.7 Å². The summed E-state index contributed by atoms with van der Waals surface area (Å²) in [6.07, 6.45) is 3.53. The molecule has 3 unspecified atom stereocenters. The van der Waals surface area contributed by atoms with Crippen LogP contribution in [-0.2, 0) is 9.59 Å². The molecule has 1 aliphatic heterocycles. The minimum Gasteiger partial charge on any atom is -0.352 e. The first-order chi connectivity index (χ1) is 13.2. The van der Waals surface area contributed by atoms with E-state index in [1.54, 1.807) is 0 Å². The molecule has 1 saturated heterocycles. The Morgan fingerprint density at radius 2 is 2.04 bits per heavy atom. The van der Waals surface area contributed by atoms with Gasteiger partial charge in [0.1, 0.15) is 12.1 Å². The van der Waals surface area contributed by atoms with Crippen molar-refractivity contribution < 1.29 is 14.4 Å². The Kier molecular flexibility index (Phi) is 5.50. The number of nitrogens with zero attached hydrogens (tertiary/aromatic N) is 3. The molecule has 2 aliphatic rings. The van der Waals surface area contributed by atoms with Gasteiger partial charge in [-0.1, -0.05) is 19.8 Å². The molecule has 4 amide bonds. The molecule has 1 saturated carbocycles. The molecule has 2 heterocycles. The lowest BCUT2D eigenvalue weighted by Crippen LogP contribution is -2.54. The van der Waals surface area contributed by atoms with Crippen LogP contribution in [0.15, 0.2) is 0 Å².